The smallest absolute Gasteiger partial charge is 0.258 e. The Morgan fingerprint density at radius 1 is 1.37 bits per heavy atom. The molecule has 0 aliphatic heterocycles. The van der Waals surface area contributed by atoms with Crippen molar-refractivity contribution in [2.75, 3.05) is 0 Å². The van der Waals surface area contributed by atoms with E-state index in [1.165, 1.54) is 0 Å². The van der Waals surface area contributed by atoms with E-state index < -0.39 is 0 Å². The predicted molar refractivity (Wildman–Crippen MR) is 79.1 cm³/mol. The summed E-state index contributed by atoms with van der Waals surface area (Å²) < 4.78 is 6.38. The molecule has 1 aromatic carbocycles. The first-order chi connectivity index (χ1) is 8.60. The summed E-state index contributed by atoms with van der Waals surface area (Å²) in [5.41, 5.74) is 7.86. The van der Waals surface area contributed by atoms with Crippen molar-refractivity contribution in [1.29, 1.82) is 0 Å². The molecule has 2 aromatic rings. The number of hydrogen-bond donors (Lipinski definition) is 1. The molecule has 2 N–H and O–H groups in total. The van der Waals surface area contributed by atoms with Gasteiger partial charge >= 0.3 is 0 Å². The van der Waals surface area contributed by atoms with Gasteiger partial charge in [-0.2, -0.15) is 4.98 Å². The van der Waals surface area contributed by atoms with Gasteiger partial charge in [0.25, 0.3) is 5.89 Å². The fourth-order valence-electron chi connectivity index (χ4n) is 2.16. The molecule has 0 spiro atoms. The van der Waals surface area contributed by atoms with Crippen LogP contribution >= 0.6 is 28.3 Å². The molecular weight excluding hydrogens is 330 g/mol. The molecule has 1 saturated carbocycles. The summed E-state index contributed by atoms with van der Waals surface area (Å²) in [6, 6.07) is 5.92. The Bertz CT molecular complexity index is 595. The van der Waals surface area contributed by atoms with Gasteiger partial charge in [0.2, 0.25) is 0 Å². The largest absolute Gasteiger partial charge is 0.334 e. The maximum atomic E-state index is 6.19. The first-order valence-corrected chi connectivity index (χ1v) is 6.78. The van der Waals surface area contributed by atoms with Gasteiger partial charge in [-0.25, -0.2) is 0 Å². The van der Waals surface area contributed by atoms with Crippen molar-refractivity contribution in [3.8, 4) is 11.5 Å². The van der Waals surface area contributed by atoms with Crippen molar-refractivity contribution < 1.29 is 4.52 Å². The van der Waals surface area contributed by atoms with E-state index in [1.807, 2.05) is 25.1 Å². The molecular formula is C13H15BrClN3O. The molecule has 1 aliphatic rings. The van der Waals surface area contributed by atoms with Crippen LogP contribution in [0, 0.1) is 6.92 Å². The number of nitrogens with zero attached hydrogens (tertiary/aromatic N) is 2. The average molecular weight is 345 g/mol. The van der Waals surface area contributed by atoms with Gasteiger partial charge in [0.05, 0.1) is 5.54 Å². The fourth-order valence-corrected chi connectivity index (χ4v) is 2.52. The van der Waals surface area contributed by atoms with Gasteiger partial charge in [-0.3, -0.25) is 0 Å². The molecule has 4 nitrogen and oxygen atoms in total. The van der Waals surface area contributed by atoms with Crippen LogP contribution in [0.3, 0.4) is 0 Å². The zero-order chi connectivity index (χ0) is 12.8. The highest BCUT2D eigenvalue weighted by molar-refractivity contribution is 9.10. The lowest BCUT2D eigenvalue weighted by Crippen LogP contribution is -2.44. The molecule has 102 valence electrons. The summed E-state index contributed by atoms with van der Waals surface area (Å²) in [7, 11) is 0. The topological polar surface area (TPSA) is 64.9 Å². The molecule has 1 fully saturated rings. The first-order valence-electron chi connectivity index (χ1n) is 5.99. The van der Waals surface area contributed by atoms with Crippen LogP contribution in [0.4, 0.5) is 0 Å². The second kappa shape index (κ2) is 5.23. The summed E-state index contributed by atoms with van der Waals surface area (Å²) in [4.78, 5) is 4.45. The summed E-state index contributed by atoms with van der Waals surface area (Å²) in [5, 5.41) is 4.03. The zero-order valence-electron chi connectivity index (χ0n) is 10.5. The van der Waals surface area contributed by atoms with Crippen LogP contribution < -0.4 is 5.73 Å². The van der Waals surface area contributed by atoms with E-state index in [4.69, 9.17) is 10.3 Å². The predicted octanol–water partition coefficient (Wildman–Crippen LogP) is 3.57. The van der Waals surface area contributed by atoms with Crippen molar-refractivity contribution >= 4 is 28.3 Å². The van der Waals surface area contributed by atoms with Gasteiger partial charge < -0.3 is 10.3 Å². The SMILES string of the molecule is Cc1c(Br)cccc1-c1nc(C2(N)CCC2)no1.Cl. The summed E-state index contributed by atoms with van der Waals surface area (Å²) >= 11 is 3.50. The minimum absolute atomic E-state index is 0. The molecule has 0 saturated heterocycles. The monoisotopic (exact) mass is 343 g/mol. The number of rotatable bonds is 2. The van der Waals surface area contributed by atoms with E-state index >= 15 is 0 Å². The van der Waals surface area contributed by atoms with Crippen molar-refractivity contribution in [3.63, 3.8) is 0 Å². The third-order valence-corrected chi connectivity index (χ3v) is 4.47. The molecule has 0 bridgehead atoms. The van der Waals surface area contributed by atoms with Crippen LogP contribution in [0.5, 0.6) is 0 Å². The third kappa shape index (κ3) is 2.42. The van der Waals surface area contributed by atoms with Gasteiger partial charge in [-0.1, -0.05) is 27.2 Å². The zero-order valence-corrected chi connectivity index (χ0v) is 12.9. The average Bonchev–Trinajstić information content (AvgIpc) is 2.79. The standard InChI is InChI=1S/C13H14BrN3O.ClH/c1-8-9(4-2-5-10(8)14)11-16-12(17-18-11)13(15)6-3-7-13;/h2,4-5H,3,6-7,15H2,1H3;1H. The van der Waals surface area contributed by atoms with E-state index in [1.54, 1.807) is 0 Å². The summed E-state index contributed by atoms with van der Waals surface area (Å²) in [5.74, 6) is 1.17. The number of hydrogen-bond acceptors (Lipinski definition) is 4. The number of aromatic nitrogens is 2. The highest BCUT2D eigenvalue weighted by atomic mass is 79.9. The molecule has 0 atom stereocenters. The Kier molecular flexibility index (Phi) is 3.99. The van der Waals surface area contributed by atoms with E-state index in [0.29, 0.717) is 11.7 Å². The van der Waals surface area contributed by atoms with Crippen molar-refractivity contribution in [2.24, 2.45) is 5.73 Å². The van der Waals surface area contributed by atoms with Crippen LogP contribution in [0.25, 0.3) is 11.5 Å². The van der Waals surface area contributed by atoms with Gasteiger partial charge in [0.1, 0.15) is 0 Å². The maximum Gasteiger partial charge on any atom is 0.258 e. The molecule has 0 unspecified atom stereocenters. The minimum Gasteiger partial charge on any atom is -0.334 e. The van der Waals surface area contributed by atoms with Crippen LogP contribution in [0.1, 0.15) is 30.7 Å². The van der Waals surface area contributed by atoms with Crippen molar-refractivity contribution in [2.45, 2.75) is 31.7 Å². The van der Waals surface area contributed by atoms with E-state index in [-0.39, 0.29) is 17.9 Å². The lowest BCUT2D eigenvalue weighted by Gasteiger charge is -2.34. The van der Waals surface area contributed by atoms with Crippen LogP contribution in [-0.2, 0) is 5.54 Å². The van der Waals surface area contributed by atoms with E-state index in [9.17, 15) is 0 Å². The Labute approximate surface area is 126 Å². The minimum atomic E-state index is -0.373. The highest BCUT2D eigenvalue weighted by Gasteiger charge is 2.39. The molecule has 0 amide bonds. The quantitative estimate of drug-likeness (QED) is 0.904. The van der Waals surface area contributed by atoms with Crippen LogP contribution in [0.2, 0.25) is 0 Å². The fraction of sp³-hybridized carbons (Fsp3) is 0.385. The lowest BCUT2D eigenvalue weighted by atomic mass is 9.77. The maximum absolute atomic E-state index is 6.19. The molecule has 1 heterocycles. The summed E-state index contributed by atoms with van der Waals surface area (Å²) in [6.45, 7) is 2.02. The van der Waals surface area contributed by atoms with Crippen LogP contribution in [-0.4, -0.2) is 10.1 Å². The van der Waals surface area contributed by atoms with Crippen molar-refractivity contribution in [3.05, 3.63) is 34.1 Å². The van der Waals surface area contributed by atoms with Gasteiger partial charge in [0.15, 0.2) is 5.82 Å². The first kappa shape index (κ1) is 14.5. The second-order valence-electron chi connectivity index (χ2n) is 4.85. The molecule has 0 radical (unpaired) electrons. The molecule has 3 rings (SSSR count). The van der Waals surface area contributed by atoms with Crippen LogP contribution in [0.15, 0.2) is 27.2 Å². The highest BCUT2D eigenvalue weighted by Crippen LogP contribution is 2.38. The lowest BCUT2D eigenvalue weighted by molar-refractivity contribution is 0.229. The normalized spacial score (nSPS) is 16.6. The van der Waals surface area contributed by atoms with Gasteiger partial charge in [0, 0.05) is 10.0 Å². The van der Waals surface area contributed by atoms with E-state index in [2.05, 4.69) is 26.1 Å². The Morgan fingerprint density at radius 2 is 2.11 bits per heavy atom. The molecule has 1 aromatic heterocycles. The Balaban J connectivity index is 0.00000133. The van der Waals surface area contributed by atoms with Gasteiger partial charge in [-0.05, 0) is 43.9 Å². The Morgan fingerprint density at radius 3 is 2.74 bits per heavy atom. The number of benzene rings is 1. The molecule has 19 heavy (non-hydrogen) atoms. The number of halogens is 2. The van der Waals surface area contributed by atoms with Gasteiger partial charge in [-0.15, -0.1) is 12.4 Å². The molecule has 1 aliphatic carbocycles. The molecule has 6 heteroatoms. The van der Waals surface area contributed by atoms with Crippen molar-refractivity contribution in [1.82, 2.24) is 10.1 Å². The summed E-state index contributed by atoms with van der Waals surface area (Å²) in [6.07, 6.45) is 3.00. The Hall–Kier alpha value is -0.910. The second-order valence-corrected chi connectivity index (χ2v) is 5.70. The number of nitrogens with two attached hydrogens (primary N) is 1. The third-order valence-electron chi connectivity index (χ3n) is 3.62. The van der Waals surface area contributed by atoms with E-state index in [0.717, 1.165) is 34.9 Å².